The number of rotatable bonds is 4. The Balaban J connectivity index is 2.17. The van der Waals surface area contributed by atoms with Gasteiger partial charge in [-0.2, -0.15) is 0 Å². The summed E-state index contributed by atoms with van der Waals surface area (Å²) in [5.74, 6) is -0.0482. The molecule has 0 saturated carbocycles. The van der Waals surface area contributed by atoms with Crippen molar-refractivity contribution < 1.29 is 13.9 Å². The van der Waals surface area contributed by atoms with Crippen LogP contribution in [-0.4, -0.2) is 5.24 Å². The van der Waals surface area contributed by atoms with Crippen molar-refractivity contribution in [2.24, 2.45) is 0 Å². The Hall–Kier alpha value is -1.58. The summed E-state index contributed by atoms with van der Waals surface area (Å²) in [5.41, 5.74) is 0.905. The first-order chi connectivity index (χ1) is 9.08. The van der Waals surface area contributed by atoms with E-state index in [1.54, 1.807) is 24.3 Å². The van der Waals surface area contributed by atoms with E-state index in [9.17, 15) is 9.18 Å². The van der Waals surface area contributed by atoms with Gasteiger partial charge in [-0.05, 0) is 35.9 Å². The van der Waals surface area contributed by atoms with Crippen LogP contribution in [0, 0.1) is 5.82 Å². The summed E-state index contributed by atoms with van der Waals surface area (Å²) >= 11 is 11.3. The maximum Gasteiger partial charge on any atom is 0.256 e. The number of para-hydroxylation sites is 1. The maximum atomic E-state index is 12.9. The normalized spacial score (nSPS) is 10.3. The van der Waals surface area contributed by atoms with Gasteiger partial charge in [0.05, 0.1) is 10.6 Å². The van der Waals surface area contributed by atoms with Gasteiger partial charge in [-0.15, -0.1) is 0 Å². The summed E-state index contributed by atoms with van der Waals surface area (Å²) in [4.78, 5) is 11.2. The van der Waals surface area contributed by atoms with Crippen LogP contribution in [0.25, 0.3) is 0 Å². The molecule has 0 saturated heterocycles. The van der Waals surface area contributed by atoms with E-state index in [1.165, 1.54) is 18.2 Å². The number of ether oxygens (including phenoxy) is 1. The van der Waals surface area contributed by atoms with Crippen molar-refractivity contribution in [1.29, 1.82) is 0 Å². The molecular formula is C14H9Cl2FO2. The summed E-state index contributed by atoms with van der Waals surface area (Å²) in [6.45, 7) is 0.125. The zero-order valence-corrected chi connectivity index (χ0v) is 11.2. The van der Waals surface area contributed by atoms with E-state index in [0.717, 1.165) is 0 Å². The van der Waals surface area contributed by atoms with Crippen LogP contribution in [0.4, 0.5) is 4.39 Å². The van der Waals surface area contributed by atoms with Gasteiger partial charge in [-0.3, -0.25) is 4.79 Å². The van der Waals surface area contributed by atoms with E-state index in [2.05, 4.69) is 0 Å². The molecule has 5 heteroatoms. The summed E-state index contributed by atoms with van der Waals surface area (Å²) < 4.78 is 18.4. The Kier molecular flexibility index (Phi) is 4.40. The number of carbonyl (C=O) groups excluding carboxylic acids is 1. The lowest BCUT2D eigenvalue weighted by molar-refractivity contribution is 0.107. The second-order valence-corrected chi connectivity index (χ2v) is 4.54. The maximum absolute atomic E-state index is 12.9. The Morgan fingerprint density at radius 3 is 2.63 bits per heavy atom. The highest BCUT2D eigenvalue weighted by atomic mass is 35.5. The first-order valence-electron chi connectivity index (χ1n) is 5.43. The van der Waals surface area contributed by atoms with Crippen LogP contribution < -0.4 is 4.74 Å². The average molecular weight is 299 g/mol. The largest absolute Gasteiger partial charge is 0.488 e. The number of halogens is 3. The molecule has 0 radical (unpaired) electrons. The molecule has 2 aromatic carbocycles. The lowest BCUT2D eigenvalue weighted by atomic mass is 10.2. The molecule has 0 fully saturated rings. The summed E-state index contributed by atoms with van der Waals surface area (Å²) in [6.07, 6.45) is 0. The minimum atomic E-state index is -0.596. The molecule has 0 aliphatic rings. The molecule has 2 nitrogen and oxygen atoms in total. The van der Waals surface area contributed by atoms with E-state index in [1.807, 2.05) is 0 Å². The number of hydrogen-bond donors (Lipinski definition) is 0. The third kappa shape index (κ3) is 3.46. The lowest BCUT2D eigenvalue weighted by Crippen LogP contribution is -2.01. The quantitative estimate of drug-likeness (QED) is 0.780. The summed E-state index contributed by atoms with van der Waals surface area (Å²) in [5, 5.41) is -0.324. The van der Waals surface area contributed by atoms with E-state index in [-0.39, 0.29) is 17.2 Å². The van der Waals surface area contributed by atoms with Crippen molar-refractivity contribution in [2.45, 2.75) is 6.61 Å². The van der Waals surface area contributed by atoms with E-state index in [0.29, 0.717) is 11.3 Å². The predicted octanol–water partition coefficient (Wildman–Crippen LogP) is 4.44. The van der Waals surface area contributed by atoms with Gasteiger partial charge in [0.25, 0.3) is 5.24 Å². The fourth-order valence-corrected chi connectivity index (χ4v) is 1.93. The number of benzene rings is 2. The molecule has 2 rings (SSSR count). The molecule has 0 unspecified atom stereocenters. The fraction of sp³-hybridized carbons (Fsp3) is 0.0714. The minimum Gasteiger partial charge on any atom is -0.488 e. The number of carbonyl (C=O) groups is 1. The van der Waals surface area contributed by atoms with Crippen LogP contribution in [0.1, 0.15) is 15.9 Å². The van der Waals surface area contributed by atoms with E-state index >= 15 is 0 Å². The molecule has 0 bridgehead atoms. The first-order valence-corrected chi connectivity index (χ1v) is 6.19. The fourth-order valence-electron chi connectivity index (χ4n) is 1.55. The van der Waals surface area contributed by atoms with Gasteiger partial charge in [-0.1, -0.05) is 29.8 Å². The van der Waals surface area contributed by atoms with Crippen molar-refractivity contribution >= 4 is 28.4 Å². The first kappa shape index (κ1) is 13.8. The highest BCUT2D eigenvalue weighted by Crippen LogP contribution is 2.23. The zero-order chi connectivity index (χ0) is 13.8. The van der Waals surface area contributed by atoms with Crippen LogP contribution in [0.15, 0.2) is 42.5 Å². The Morgan fingerprint density at radius 2 is 1.95 bits per heavy atom. The van der Waals surface area contributed by atoms with E-state index < -0.39 is 11.1 Å². The van der Waals surface area contributed by atoms with Crippen LogP contribution >= 0.6 is 23.2 Å². The molecule has 0 amide bonds. The molecule has 0 heterocycles. The second kappa shape index (κ2) is 6.04. The van der Waals surface area contributed by atoms with E-state index in [4.69, 9.17) is 27.9 Å². The summed E-state index contributed by atoms with van der Waals surface area (Å²) in [6, 6.07) is 10.6. The van der Waals surface area contributed by atoms with Gasteiger partial charge in [0.15, 0.2) is 0 Å². The monoisotopic (exact) mass is 298 g/mol. The third-order valence-corrected chi connectivity index (χ3v) is 3.05. The molecule has 0 aromatic heterocycles. The van der Waals surface area contributed by atoms with Gasteiger partial charge in [0.2, 0.25) is 0 Å². The van der Waals surface area contributed by atoms with Crippen LogP contribution in [-0.2, 0) is 6.61 Å². The van der Waals surface area contributed by atoms with Gasteiger partial charge in [0, 0.05) is 5.56 Å². The average Bonchev–Trinajstić information content (AvgIpc) is 2.38. The lowest BCUT2D eigenvalue weighted by Gasteiger charge is -2.10. The molecule has 98 valence electrons. The summed E-state index contributed by atoms with van der Waals surface area (Å²) in [7, 11) is 0. The van der Waals surface area contributed by atoms with Gasteiger partial charge in [-0.25, -0.2) is 4.39 Å². The van der Waals surface area contributed by atoms with Gasteiger partial charge < -0.3 is 4.74 Å². The van der Waals surface area contributed by atoms with Crippen LogP contribution in [0.2, 0.25) is 5.02 Å². The molecular weight excluding hydrogens is 290 g/mol. The second-order valence-electron chi connectivity index (χ2n) is 3.79. The molecule has 19 heavy (non-hydrogen) atoms. The third-order valence-electron chi connectivity index (χ3n) is 2.50. The Labute approximate surface area is 119 Å². The van der Waals surface area contributed by atoms with Crippen molar-refractivity contribution in [2.75, 3.05) is 0 Å². The highest BCUT2D eigenvalue weighted by Gasteiger charge is 2.10. The molecule has 0 aliphatic carbocycles. The smallest absolute Gasteiger partial charge is 0.256 e. The Morgan fingerprint density at radius 1 is 1.21 bits per heavy atom. The van der Waals surface area contributed by atoms with Crippen LogP contribution in [0.3, 0.4) is 0 Å². The topological polar surface area (TPSA) is 26.3 Å². The highest BCUT2D eigenvalue weighted by molar-refractivity contribution is 6.68. The van der Waals surface area contributed by atoms with Crippen molar-refractivity contribution in [3.05, 3.63) is 64.4 Å². The van der Waals surface area contributed by atoms with Crippen molar-refractivity contribution in [3.8, 4) is 5.75 Å². The standard InChI is InChI=1S/C14H9Cl2FO2/c15-12-7-10(17)6-5-9(12)8-19-13-4-2-1-3-11(13)14(16)18/h1-7H,8H2. The molecule has 0 aliphatic heterocycles. The zero-order valence-electron chi connectivity index (χ0n) is 9.70. The van der Waals surface area contributed by atoms with Crippen molar-refractivity contribution in [3.63, 3.8) is 0 Å². The number of hydrogen-bond acceptors (Lipinski definition) is 2. The molecule has 0 spiro atoms. The van der Waals surface area contributed by atoms with Crippen molar-refractivity contribution in [1.82, 2.24) is 0 Å². The Bertz CT molecular complexity index is 614. The molecule has 0 N–H and O–H groups in total. The molecule has 2 aromatic rings. The predicted molar refractivity (Wildman–Crippen MR) is 72.4 cm³/mol. The molecule has 0 atom stereocenters. The van der Waals surface area contributed by atoms with Gasteiger partial charge >= 0.3 is 0 Å². The minimum absolute atomic E-state index is 0.125. The van der Waals surface area contributed by atoms with Gasteiger partial charge in [0.1, 0.15) is 18.2 Å². The SMILES string of the molecule is O=C(Cl)c1ccccc1OCc1ccc(F)cc1Cl. The van der Waals surface area contributed by atoms with Crippen LogP contribution in [0.5, 0.6) is 5.75 Å².